The SMILES string of the molecule is C=CCNC(=O)C1CCCN(C(=O)c2ccc(NC(=O)C(C)(C)C)cc2)C1. The van der Waals surface area contributed by atoms with Crippen LogP contribution in [-0.4, -0.2) is 42.3 Å². The number of hydrogen-bond donors (Lipinski definition) is 2. The van der Waals surface area contributed by atoms with Crippen LogP contribution in [0.25, 0.3) is 0 Å². The Morgan fingerprint density at radius 3 is 2.48 bits per heavy atom. The Bertz CT molecular complexity index is 704. The van der Waals surface area contributed by atoms with Gasteiger partial charge in [0.25, 0.3) is 5.91 Å². The van der Waals surface area contributed by atoms with E-state index in [1.807, 2.05) is 20.8 Å². The van der Waals surface area contributed by atoms with Crippen molar-refractivity contribution in [3.8, 4) is 0 Å². The van der Waals surface area contributed by atoms with Crippen molar-refractivity contribution in [1.82, 2.24) is 10.2 Å². The van der Waals surface area contributed by atoms with Crippen LogP contribution in [0, 0.1) is 11.3 Å². The molecular weight excluding hydrogens is 342 g/mol. The molecule has 1 unspecified atom stereocenters. The lowest BCUT2D eigenvalue weighted by Gasteiger charge is -2.32. The van der Waals surface area contributed by atoms with E-state index in [4.69, 9.17) is 0 Å². The fraction of sp³-hybridized carbons (Fsp3) is 0.476. The van der Waals surface area contributed by atoms with Gasteiger partial charge in [-0.15, -0.1) is 6.58 Å². The van der Waals surface area contributed by atoms with Gasteiger partial charge in [0.05, 0.1) is 5.92 Å². The first-order valence-corrected chi connectivity index (χ1v) is 9.32. The number of nitrogens with zero attached hydrogens (tertiary/aromatic N) is 1. The molecule has 0 aromatic heterocycles. The Hall–Kier alpha value is -2.63. The number of carbonyl (C=O) groups is 3. The predicted octanol–water partition coefficient (Wildman–Crippen LogP) is 2.83. The molecule has 1 fully saturated rings. The Morgan fingerprint density at radius 1 is 1.22 bits per heavy atom. The molecule has 1 atom stereocenters. The molecule has 2 rings (SSSR count). The van der Waals surface area contributed by atoms with Crippen LogP contribution in [0.15, 0.2) is 36.9 Å². The average Bonchev–Trinajstić information content (AvgIpc) is 2.65. The minimum absolute atomic E-state index is 0.0346. The molecule has 27 heavy (non-hydrogen) atoms. The van der Waals surface area contributed by atoms with E-state index in [1.54, 1.807) is 35.2 Å². The van der Waals surface area contributed by atoms with Crippen molar-refractivity contribution >= 4 is 23.4 Å². The number of likely N-dealkylation sites (tertiary alicyclic amines) is 1. The molecule has 0 spiro atoms. The lowest BCUT2D eigenvalue weighted by molar-refractivity contribution is -0.126. The fourth-order valence-corrected chi connectivity index (χ4v) is 2.89. The first kappa shape index (κ1) is 20.7. The summed E-state index contributed by atoms with van der Waals surface area (Å²) in [6.07, 6.45) is 3.23. The standard InChI is InChI=1S/C21H29N3O3/c1-5-12-22-18(25)16-7-6-13-24(14-16)19(26)15-8-10-17(11-9-15)23-20(27)21(2,3)4/h5,8-11,16H,1,6-7,12-14H2,2-4H3,(H,22,25)(H,23,27). The number of amides is 3. The van der Waals surface area contributed by atoms with Crippen molar-refractivity contribution < 1.29 is 14.4 Å². The highest BCUT2D eigenvalue weighted by molar-refractivity contribution is 5.97. The maximum Gasteiger partial charge on any atom is 0.253 e. The third-order valence-electron chi connectivity index (χ3n) is 4.57. The van der Waals surface area contributed by atoms with E-state index in [0.29, 0.717) is 30.9 Å². The highest BCUT2D eigenvalue weighted by Crippen LogP contribution is 2.21. The first-order chi connectivity index (χ1) is 12.7. The summed E-state index contributed by atoms with van der Waals surface area (Å²) in [7, 11) is 0. The summed E-state index contributed by atoms with van der Waals surface area (Å²) < 4.78 is 0. The molecule has 6 nitrogen and oxygen atoms in total. The minimum atomic E-state index is -0.483. The summed E-state index contributed by atoms with van der Waals surface area (Å²) in [6.45, 7) is 10.6. The van der Waals surface area contributed by atoms with Gasteiger partial charge in [-0.05, 0) is 37.1 Å². The van der Waals surface area contributed by atoms with E-state index >= 15 is 0 Å². The third kappa shape index (κ3) is 5.67. The van der Waals surface area contributed by atoms with Crippen LogP contribution in [0.5, 0.6) is 0 Å². The molecule has 0 saturated carbocycles. The van der Waals surface area contributed by atoms with E-state index in [1.165, 1.54) is 0 Å². The van der Waals surface area contributed by atoms with Crippen molar-refractivity contribution in [2.45, 2.75) is 33.6 Å². The third-order valence-corrected chi connectivity index (χ3v) is 4.57. The fourth-order valence-electron chi connectivity index (χ4n) is 2.89. The molecule has 2 N–H and O–H groups in total. The molecule has 1 aromatic rings. The number of nitrogens with one attached hydrogen (secondary N) is 2. The van der Waals surface area contributed by atoms with Gasteiger partial charge in [0.1, 0.15) is 0 Å². The number of benzene rings is 1. The Labute approximate surface area is 161 Å². The summed E-state index contributed by atoms with van der Waals surface area (Å²) in [6, 6.07) is 6.88. The second-order valence-electron chi connectivity index (χ2n) is 7.91. The van der Waals surface area contributed by atoms with Crippen LogP contribution in [-0.2, 0) is 9.59 Å². The molecule has 146 valence electrons. The van der Waals surface area contributed by atoms with Crippen LogP contribution >= 0.6 is 0 Å². The van der Waals surface area contributed by atoms with Crippen LogP contribution in [0.3, 0.4) is 0 Å². The van der Waals surface area contributed by atoms with Crippen molar-refractivity contribution in [3.63, 3.8) is 0 Å². The van der Waals surface area contributed by atoms with Crippen molar-refractivity contribution in [2.75, 3.05) is 25.0 Å². The zero-order chi connectivity index (χ0) is 20.0. The topological polar surface area (TPSA) is 78.5 Å². The number of rotatable bonds is 5. The van der Waals surface area contributed by atoms with Gasteiger partial charge in [-0.1, -0.05) is 26.8 Å². The highest BCUT2D eigenvalue weighted by atomic mass is 16.2. The minimum Gasteiger partial charge on any atom is -0.352 e. The second kappa shape index (κ2) is 8.84. The largest absolute Gasteiger partial charge is 0.352 e. The van der Waals surface area contributed by atoms with Gasteiger partial charge in [-0.25, -0.2) is 0 Å². The van der Waals surface area contributed by atoms with E-state index in [9.17, 15) is 14.4 Å². The molecule has 6 heteroatoms. The maximum absolute atomic E-state index is 12.8. The lowest BCUT2D eigenvalue weighted by atomic mass is 9.95. The maximum atomic E-state index is 12.8. The van der Waals surface area contributed by atoms with E-state index in [-0.39, 0.29) is 23.6 Å². The number of carbonyl (C=O) groups excluding carboxylic acids is 3. The molecule has 1 heterocycles. The molecular formula is C21H29N3O3. The van der Waals surface area contributed by atoms with Gasteiger partial charge in [0, 0.05) is 36.3 Å². The average molecular weight is 371 g/mol. The molecule has 0 radical (unpaired) electrons. The van der Waals surface area contributed by atoms with E-state index in [0.717, 1.165) is 12.8 Å². The molecule has 1 saturated heterocycles. The van der Waals surface area contributed by atoms with E-state index < -0.39 is 5.41 Å². The Kier molecular flexibility index (Phi) is 6.77. The number of piperidine rings is 1. The summed E-state index contributed by atoms with van der Waals surface area (Å²) in [5.41, 5.74) is 0.728. The molecule has 1 aromatic carbocycles. The molecule has 3 amide bonds. The molecule has 1 aliphatic rings. The summed E-state index contributed by atoms with van der Waals surface area (Å²) >= 11 is 0. The van der Waals surface area contributed by atoms with Gasteiger partial charge in [-0.2, -0.15) is 0 Å². The van der Waals surface area contributed by atoms with Gasteiger partial charge in [-0.3, -0.25) is 14.4 Å². The van der Waals surface area contributed by atoms with Crippen LogP contribution in [0.2, 0.25) is 0 Å². The van der Waals surface area contributed by atoms with Crippen LogP contribution in [0.4, 0.5) is 5.69 Å². The quantitative estimate of drug-likeness (QED) is 0.781. The molecule has 0 aliphatic carbocycles. The summed E-state index contributed by atoms with van der Waals surface area (Å²) in [4.78, 5) is 38.7. The van der Waals surface area contributed by atoms with Gasteiger partial charge >= 0.3 is 0 Å². The number of hydrogen-bond acceptors (Lipinski definition) is 3. The second-order valence-corrected chi connectivity index (χ2v) is 7.91. The normalized spacial score (nSPS) is 17.1. The summed E-state index contributed by atoms with van der Waals surface area (Å²) in [5.74, 6) is -0.392. The monoisotopic (exact) mass is 371 g/mol. The van der Waals surface area contributed by atoms with Crippen molar-refractivity contribution in [1.29, 1.82) is 0 Å². The van der Waals surface area contributed by atoms with Gasteiger partial charge in [0.15, 0.2) is 0 Å². The van der Waals surface area contributed by atoms with E-state index in [2.05, 4.69) is 17.2 Å². The zero-order valence-electron chi connectivity index (χ0n) is 16.4. The summed E-state index contributed by atoms with van der Waals surface area (Å²) in [5, 5.41) is 5.65. The van der Waals surface area contributed by atoms with Crippen molar-refractivity contribution in [2.24, 2.45) is 11.3 Å². The zero-order valence-corrected chi connectivity index (χ0v) is 16.4. The van der Waals surface area contributed by atoms with Crippen molar-refractivity contribution in [3.05, 3.63) is 42.5 Å². The first-order valence-electron chi connectivity index (χ1n) is 9.32. The smallest absolute Gasteiger partial charge is 0.253 e. The molecule has 1 aliphatic heterocycles. The molecule has 0 bridgehead atoms. The lowest BCUT2D eigenvalue weighted by Crippen LogP contribution is -2.45. The highest BCUT2D eigenvalue weighted by Gasteiger charge is 2.28. The number of anilines is 1. The van der Waals surface area contributed by atoms with Crippen LogP contribution in [0.1, 0.15) is 44.0 Å². The Balaban J connectivity index is 1.99. The van der Waals surface area contributed by atoms with Gasteiger partial charge in [0.2, 0.25) is 11.8 Å². The predicted molar refractivity (Wildman–Crippen MR) is 106 cm³/mol. The Morgan fingerprint density at radius 2 is 1.89 bits per heavy atom. The van der Waals surface area contributed by atoms with Gasteiger partial charge < -0.3 is 15.5 Å². The van der Waals surface area contributed by atoms with Crippen LogP contribution < -0.4 is 10.6 Å².